The van der Waals surface area contributed by atoms with E-state index in [9.17, 15) is 5.11 Å². The molecule has 1 aliphatic heterocycles. The monoisotopic (exact) mass is 312 g/mol. The Morgan fingerprint density at radius 3 is 2.44 bits per heavy atom. The number of benzene rings is 1. The molecule has 18 heavy (non-hydrogen) atoms. The van der Waals surface area contributed by atoms with Crippen molar-refractivity contribution in [3.05, 3.63) is 28.2 Å². The van der Waals surface area contributed by atoms with Gasteiger partial charge < -0.3 is 10.0 Å². The highest BCUT2D eigenvalue weighted by atomic mass is 79.9. The van der Waals surface area contributed by atoms with Gasteiger partial charge in [0.2, 0.25) is 0 Å². The van der Waals surface area contributed by atoms with Crippen molar-refractivity contribution in [2.24, 2.45) is 0 Å². The van der Waals surface area contributed by atoms with Crippen molar-refractivity contribution in [3.8, 4) is 0 Å². The highest BCUT2D eigenvalue weighted by molar-refractivity contribution is 9.10. The van der Waals surface area contributed by atoms with E-state index in [0.29, 0.717) is 12.1 Å². The Morgan fingerprint density at radius 1 is 1.28 bits per heavy atom. The first-order valence-corrected chi connectivity index (χ1v) is 7.18. The third-order valence-electron chi connectivity index (χ3n) is 3.91. The Kier molecular flexibility index (Phi) is 4.30. The molecule has 0 saturated carbocycles. The van der Waals surface area contributed by atoms with Gasteiger partial charge in [-0.1, -0.05) is 15.9 Å². The molecule has 0 aromatic heterocycles. The van der Waals surface area contributed by atoms with Crippen molar-refractivity contribution in [3.63, 3.8) is 0 Å². The normalized spacial score (nSPS) is 25.5. The third kappa shape index (κ3) is 2.71. The van der Waals surface area contributed by atoms with Crippen molar-refractivity contribution in [1.29, 1.82) is 0 Å². The first kappa shape index (κ1) is 13.8. The fourth-order valence-electron chi connectivity index (χ4n) is 2.59. The quantitative estimate of drug-likeness (QED) is 0.909. The molecule has 2 unspecified atom stereocenters. The summed E-state index contributed by atoms with van der Waals surface area (Å²) in [5, 5.41) is 9.50. The first-order chi connectivity index (χ1) is 8.52. The average molecular weight is 313 g/mol. The van der Waals surface area contributed by atoms with E-state index >= 15 is 0 Å². The Labute approximate surface area is 118 Å². The van der Waals surface area contributed by atoms with Crippen molar-refractivity contribution in [1.82, 2.24) is 4.90 Å². The van der Waals surface area contributed by atoms with Gasteiger partial charge in [0.25, 0.3) is 0 Å². The standard InChI is InChI=1S/C14H21BrN2O/c1-10-7-17(8-11(2)16(10)3)14-5-4-13(15)6-12(14)9-18/h4-6,10-11,18H,7-9H2,1-3H3. The number of aliphatic hydroxyl groups is 1. The Balaban J connectivity index is 2.26. The van der Waals surface area contributed by atoms with Crippen molar-refractivity contribution in [2.75, 3.05) is 25.0 Å². The van der Waals surface area contributed by atoms with Crippen LogP contribution in [0.5, 0.6) is 0 Å². The molecule has 0 amide bonds. The summed E-state index contributed by atoms with van der Waals surface area (Å²) in [6, 6.07) is 7.21. The Hall–Kier alpha value is -0.580. The van der Waals surface area contributed by atoms with Crippen LogP contribution in [-0.2, 0) is 6.61 Å². The largest absolute Gasteiger partial charge is 0.392 e. The number of piperazine rings is 1. The molecule has 2 atom stereocenters. The molecule has 0 spiro atoms. The van der Waals surface area contributed by atoms with Crippen LogP contribution in [0, 0.1) is 0 Å². The summed E-state index contributed by atoms with van der Waals surface area (Å²) in [6.07, 6.45) is 0. The van der Waals surface area contributed by atoms with Gasteiger partial charge in [0.15, 0.2) is 0 Å². The predicted octanol–water partition coefficient (Wildman–Crippen LogP) is 2.47. The van der Waals surface area contributed by atoms with E-state index in [0.717, 1.165) is 28.8 Å². The minimum absolute atomic E-state index is 0.0872. The number of rotatable bonds is 2. The highest BCUT2D eigenvalue weighted by Crippen LogP contribution is 2.27. The topological polar surface area (TPSA) is 26.7 Å². The van der Waals surface area contributed by atoms with E-state index in [1.165, 1.54) is 0 Å². The number of hydrogen-bond donors (Lipinski definition) is 1. The lowest BCUT2D eigenvalue weighted by atomic mass is 10.1. The van der Waals surface area contributed by atoms with Gasteiger partial charge in [-0.3, -0.25) is 4.90 Å². The fraction of sp³-hybridized carbons (Fsp3) is 0.571. The van der Waals surface area contributed by atoms with Crippen LogP contribution >= 0.6 is 15.9 Å². The van der Waals surface area contributed by atoms with Crippen molar-refractivity contribution < 1.29 is 5.11 Å². The molecule has 1 aliphatic rings. The summed E-state index contributed by atoms with van der Waals surface area (Å²) in [7, 11) is 2.18. The molecule has 1 aromatic rings. The summed E-state index contributed by atoms with van der Waals surface area (Å²) < 4.78 is 1.02. The maximum absolute atomic E-state index is 9.50. The molecule has 3 nitrogen and oxygen atoms in total. The second kappa shape index (κ2) is 5.59. The fourth-order valence-corrected chi connectivity index (χ4v) is 3.00. The Bertz CT molecular complexity index is 412. The molecular formula is C14H21BrN2O. The second-order valence-corrected chi connectivity index (χ2v) is 6.12. The minimum Gasteiger partial charge on any atom is -0.392 e. The van der Waals surface area contributed by atoms with E-state index in [2.05, 4.69) is 52.7 Å². The molecule has 4 heteroatoms. The van der Waals surface area contributed by atoms with Crippen LogP contribution in [0.1, 0.15) is 19.4 Å². The zero-order valence-corrected chi connectivity index (χ0v) is 12.8. The summed E-state index contributed by atoms with van der Waals surface area (Å²) in [4.78, 5) is 4.79. The third-order valence-corrected chi connectivity index (χ3v) is 4.41. The zero-order chi connectivity index (χ0) is 13.3. The van der Waals surface area contributed by atoms with Crippen LogP contribution in [0.2, 0.25) is 0 Å². The lowest BCUT2D eigenvalue weighted by Crippen LogP contribution is -2.55. The maximum Gasteiger partial charge on any atom is 0.0702 e. The second-order valence-electron chi connectivity index (χ2n) is 5.20. The smallest absolute Gasteiger partial charge is 0.0702 e. The van der Waals surface area contributed by atoms with E-state index in [-0.39, 0.29) is 6.61 Å². The molecule has 0 aliphatic carbocycles. The molecule has 2 rings (SSSR count). The molecule has 1 fully saturated rings. The molecule has 0 bridgehead atoms. The summed E-state index contributed by atoms with van der Waals surface area (Å²) >= 11 is 3.46. The summed E-state index contributed by atoms with van der Waals surface area (Å²) in [5.41, 5.74) is 2.15. The van der Waals surface area contributed by atoms with E-state index in [1.807, 2.05) is 12.1 Å². The van der Waals surface area contributed by atoms with Crippen LogP contribution in [-0.4, -0.2) is 42.2 Å². The van der Waals surface area contributed by atoms with Gasteiger partial charge in [-0.05, 0) is 39.1 Å². The van der Waals surface area contributed by atoms with Crippen LogP contribution in [0.15, 0.2) is 22.7 Å². The van der Waals surface area contributed by atoms with E-state index in [4.69, 9.17) is 0 Å². The molecule has 1 saturated heterocycles. The van der Waals surface area contributed by atoms with Gasteiger partial charge in [0.1, 0.15) is 0 Å². The highest BCUT2D eigenvalue weighted by Gasteiger charge is 2.27. The molecular weight excluding hydrogens is 292 g/mol. The van der Waals surface area contributed by atoms with E-state index in [1.54, 1.807) is 0 Å². The summed E-state index contributed by atoms with van der Waals surface area (Å²) in [5.74, 6) is 0. The number of aliphatic hydroxyl groups excluding tert-OH is 1. The lowest BCUT2D eigenvalue weighted by Gasteiger charge is -2.44. The van der Waals surface area contributed by atoms with Gasteiger partial charge in [-0.25, -0.2) is 0 Å². The molecule has 100 valence electrons. The Morgan fingerprint density at radius 2 is 1.89 bits per heavy atom. The van der Waals surface area contributed by atoms with Crippen LogP contribution < -0.4 is 4.90 Å². The van der Waals surface area contributed by atoms with Gasteiger partial charge >= 0.3 is 0 Å². The predicted molar refractivity (Wildman–Crippen MR) is 79.0 cm³/mol. The SMILES string of the molecule is CC1CN(c2ccc(Br)cc2CO)CC(C)N1C. The van der Waals surface area contributed by atoms with Gasteiger partial charge in [0, 0.05) is 40.9 Å². The average Bonchev–Trinajstić information content (AvgIpc) is 2.35. The number of likely N-dealkylation sites (N-methyl/N-ethyl adjacent to an activating group) is 1. The maximum atomic E-state index is 9.50. The lowest BCUT2D eigenvalue weighted by molar-refractivity contribution is 0.169. The zero-order valence-electron chi connectivity index (χ0n) is 11.2. The number of halogens is 1. The van der Waals surface area contributed by atoms with Crippen molar-refractivity contribution >= 4 is 21.6 Å². The van der Waals surface area contributed by atoms with Crippen LogP contribution in [0.25, 0.3) is 0 Å². The number of nitrogens with zero attached hydrogens (tertiary/aromatic N) is 2. The van der Waals surface area contributed by atoms with Gasteiger partial charge in [-0.15, -0.1) is 0 Å². The first-order valence-electron chi connectivity index (χ1n) is 6.39. The van der Waals surface area contributed by atoms with Crippen LogP contribution in [0.4, 0.5) is 5.69 Å². The van der Waals surface area contributed by atoms with Gasteiger partial charge in [0.05, 0.1) is 6.61 Å². The molecule has 1 N–H and O–H groups in total. The number of hydrogen-bond acceptors (Lipinski definition) is 3. The molecule has 1 heterocycles. The van der Waals surface area contributed by atoms with Crippen LogP contribution in [0.3, 0.4) is 0 Å². The molecule has 0 radical (unpaired) electrons. The van der Waals surface area contributed by atoms with Gasteiger partial charge in [-0.2, -0.15) is 0 Å². The summed E-state index contributed by atoms with van der Waals surface area (Å²) in [6.45, 7) is 6.61. The molecule has 1 aromatic carbocycles. The van der Waals surface area contributed by atoms with E-state index < -0.39 is 0 Å². The minimum atomic E-state index is 0.0872. The number of anilines is 1. The van der Waals surface area contributed by atoms with Crippen molar-refractivity contribution in [2.45, 2.75) is 32.5 Å².